The predicted molar refractivity (Wildman–Crippen MR) is 99.6 cm³/mol. The molecule has 0 aliphatic rings. The molecule has 1 amide bonds. The van der Waals surface area contributed by atoms with Gasteiger partial charge in [0.15, 0.2) is 11.5 Å². The third-order valence-electron chi connectivity index (χ3n) is 3.76. The summed E-state index contributed by atoms with van der Waals surface area (Å²) in [5, 5.41) is 2.65. The average Bonchev–Trinajstić information content (AvgIpc) is 2.70. The largest absolute Gasteiger partial charge is 0.496 e. The van der Waals surface area contributed by atoms with Crippen molar-refractivity contribution in [3.63, 3.8) is 0 Å². The van der Waals surface area contributed by atoms with Gasteiger partial charge in [0, 0.05) is 18.2 Å². The Balaban J connectivity index is 1.97. The molecule has 0 atom stereocenters. The number of methoxy groups -OCH3 is 3. The number of carbonyl (C=O) groups excluding carboxylic acids is 1. The van der Waals surface area contributed by atoms with Crippen LogP contribution in [-0.4, -0.2) is 42.2 Å². The van der Waals surface area contributed by atoms with E-state index in [1.165, 1.54) is 39.5 Å². The molecular weight excluding hydrogens is 372 g/mol. The maximum absolute atomic E-state index is 12.4. The molecule has 0 aliphatic carbocycles. The van der Waals surface area contributed by atoms with Crippen LogP contribution in [0.3, 0.4) is 0 Å². The zero-order valence-electron chi connectivity index (χ0n) is 15.3. The standard InChI is InChI=1S/C18H22N2O6S/c1-24-15-7-5-4-6-13(15)11-19-18(21)12-20-27(22,23)14-8-9-16(25-2)17(10-14)26-3/h4-10,20H,11-12H2,1-3H3,(H,19,21). The Labute approximate surface area is 158 Å². The van der Waals surface area contributed by atoms with Gasteiger partial charge < -0.3 is 19.5 Å². The molecule has 9 heteroatoms. The Bertz CT molecular complexity index is 898. The van der Waals surface area contributed by atoms with Crippen molar-refractivity contribution in [3.8, 4) is 17.2 Å². The third-order valence-corrected chi connectivity index (χ3v) is 5.16. The fraction of sp³-hybridized carbons (Fsp3) is 0.278. The number of rotatable bonds is 9. The van der Waals surface area contributed by atoms with Crippen molar-refractivity contribution in [1.82, 2.24) is 10.0 Å². The summed E-state index contributed by atoms with van der Waals surface area (Å²) in [6, 6.07) is 11.4. The minimum atomic E-state index is -3.88. The Morgan fingerprint density at radius 1 is 0.926 bits per heavy atom. The van der Waals surface area contributed by atoms with E-state index in [-0.39, 0.29) is 17.2 Å². The molecule has 0 radical (unpaired) electrons. The minimum Gasteiger partial charge on any atom is -0.496 e. The van der Waals surface area contributed by atoms with E-state index in [9.17, 15) is 13.2 Å². The van der Waals surface area contributed by atoms with Crippen molar-refractivity contribution in [2.24, 2.45) is 0 Å². The number of carbonyl (C=O) groups is 1. The molecule has 27 heavy (non-hydrogen) atoms. The summed E-state index contributed by atoms with van der Waals surface area (Å²) in [7, 11) is 0.524. The molecule has 0 heterocycles. The quantitative estimate of drug-likeness (QED) is 0.665. The first-order chi connectivity index (χ1) is 12.9. The van der Waals surface area contributed by atoms with Crippen molar-refractivity contribution in [2.75, 3.05) is 27.9 Å². The predicted octanol–water partition coefficient (Wildman–Crippen LogP) is 1.31. The van der Waals surface area contributed by atoms with Gasteiger partial charge in [-0.1, -0.05) is 18.2 Å². The van der Waals surface area contributed by atoms with Crippen LogP contribution in [0.4, 0.5) is 0 Å². The molecule has 0 aromatic heterocycles. The van der Waals surface area contributed by atoms with Crippen molar-refractivity contribution >= 4 is 15.9 Å². The maximum Gasteiger partial charge on any atom is 0.241 e. The molecule has 0 bridgehead atoms. The van der Waals surface area contributed by atoms with Crippen LogP contribution in [0.2, 0.25) is 0 Å². The van der Waals surface area contributed by atoms with Crippen molar-refractivity contribution in [1.29, 1.82) is 0 Å². The first-order valence-electron chi connectivity index (χ1n) is 8.01. The second-order valence-corrected chi connectivity index (χ2v) is 7.20. The number of sulfonamides is 1. The summed E-state index contributed by atoms with van der Waals surface area (Å²) in [5.74, 6) is 0.862. The number of nitrogens with one attached hydrogen (secondary N) is 2. The van der Waals surface area contributed by atoms with Gasteiger partial charge in [-0.05, 0) is 18.2 Å². The third kappa shape index (κ3) is 5.35. The van der Waals surface area contributed by atoms with Crippen LogP contribution < -0.4 is 24.2 Å². The van der Waals surface area contributed by atoms with Crippen LogP contribution in [-0.2, 0) is 21.4 Å². The molecule has 0 spiro atoms. The van der Waals surface area contributed by atoms with E-state index >= 15 is 0 Å². The van der Waals surface area contributed by atoms with Crippen molar-refractivity contribution in [2.45, 2.75) is 11.4 Å². The molecule has 0 saturated carbocycles. The van der Waals surface area contributed by atoms with Gasteiger partial charge >= 0.3 is 0 Å². The number of hydrogen-bond donors (Lipinski definition) is 2. The number of hydrogen-bond acceptors (Lipinski definition) is 6. The van der Waals surface area contributed by atoms with Gasteiger partial charge in [0.2, 0.25) is 15.9 Å². The maximum atomic E-state index is 12.4. The van der Waals surface area contributed by atoms with Gasteiger partial charge in [0.25, 0.3) is 0 Å². The number of amides is 1. The van der Waals surface area contributed by atoms with Crippen LogP contribution in [0.1, 0.15) is 5.56 Å². The summed E-state index contributed by atoms with van der Waals surface area (Å²) < 4.78 is 42.4. The average molecular weight is 394 g/mol. The lowest BCUT2D eigenvalue weighted by molar-refractivity contribution is -0.120. The van der Waals surface area contributed by atoms with Gasteiger partial charge in [0.1, 0.15) is 5.75 Å². The lowest BCUT2D eigenvalue weighted by atomic mass is 10.2. The highest BCUT2D eigenvalue weighted by Crippen LogP contribution is 2.29. The minimum absolute atomic E-state index is 0.0299. The van der Waals surface area contributed by atoms with Gasteiger partial charge in [-0.25, -0.2) is 13.1 Å². The molecule has 0 aliphatic heterocycles. The highest BCUT2D eigenvalue weighted by Gasteiger charge is 2.18. The fourth-order valence-electron chi connectivity index (χ4n) is 2.33. The molecule has 0 fully saturated rings. The van der Waals surface area contributed by atoms with Crippen molar-refractivity contribution < 1.29 is 27.4 Å². The van der Waals surface area contributed by atoms with E-state index in [0.717, 1.165) is 5.56 Å². The monoisotopic (exact) mass is 394 g/mol. The normalized spacial score (nSPS) is 10.9. The molecule has 146 valence electrons. The molecule has 2 aromatic carbocycles. The number of ether oxygens (including phenoxy) is 3. The summed E-state index contributed by atoms with van der Waals surface area (Å²) in [6.45, 7) is -0.174. The van der Waals surface area contributed by atoms with Crippen LogP contribution >= 0.6 is 0 Å². The van der Waals surface area contributed by atoms with E-state index < -0.39 is 22.5 Å². The summed E-state index contributed by atoms with van der Waals surface area (Å²) in [6.07, 6.45) is 0. The Hall–Kier alpha value is -2.78. The Morgan fingerprint density at radius 3 is 2.26 bits per heavy atom. The van der Waals surface area contributed by atoms with Gasteiger partial charge in [-0.15, -0.1) is 0 Å². The van der Waals surface area contributed by atoms with E-state index in [1.54, 1.807) is 6.07 Å². The second kappa shape index (κ2) is 9.24. The van der Waals surface area contributed by atoms with Crippen LogP contribution in [0.25, 0.3) is 0 Å². The summed E-state index contributed by atoms with van der Waals surface area (Å²) >= 11 is 0. The van der Waals surface area contributed by atoms with E-state index in [0.29, 0.717) is 11.5 Å². The second-order valence-electron chi connectivity index (χ2n) is 5.43. The zero-order valence-corrected chi connectivity index (χ0v) is 16.1. The van der Waals surface area contributed by atoms with Gasteiger partial charge in [-0.3, -0.25) is 4.79 Å². The first kappa shape index (κ1) is 20.5. The SMILES string of the molecule is COc1ccccc1CNC(=O)CNS(=O)(=O)c1ccc(OC)c(OC)c1. The van der Waals surface area contributed by atoms with Gasteiger partial charge in [-0.2, -0.15) is 0 Å². The Kier molecular flexibility index (Phi) is 7.03. The highest BCUT2D eigenvalue weighted by atomic mass is 32.2. The molecule has 2 aromatic rings. The molecular formula is C18H22N2O6S. The topological polar surface area (TPSA) is 103 Å². The number of benzene rings is 2. The fourth-order valence-corrected chi connectivity index (χ4v) is 3.33. The highest BCUT2D eigenvalue weighted by molar-refractivity contribution is 7.89. The zero-order chi connectivity index (χ0) is 19.9. The van der Waals surface area contributed by atoms with Crippen LogP contribution in [0.5, 0.6) is 17.2 Å². The smallest absolute Gasteiger partial charge is 0.241 e. The molecule has 8 nitrogen and oxygen atoms in total. The molecule has 2 N–H and O–H groups in total. The van der Waals surface area contributed by atoms with Crippen molar-refractivity contribution in [3.05, 3.63) is 48.0 Å². The van der Waals surface area contributed by atoms with Crippen LogP contribution in [0.15, 0.2) is 47.4 Å². The summed E-state index contributed by atoms with van der Waals surface area (Å²) in [4.78, 5) is 12.0. The molecule has 2 rings (SSSR count). The first-order valence-corrected chi connectivity index (χ1v) is 9.50. The number of para-hydroxylation sites is 1. The molecule has 0 unspecified atom stereocenters. The van der Waals surface area contributed by atoms with E-state index in [4.69, 9.17) is 14.2 Å². The Morgan fingerprint density at radius 2 is 1.59 bits per heavy atom. The van der Waals surface area contributed by atoms with Crippen LogP contribution in [0, 0.1) is 0 Å². The molecule has 0 saturated heterocycles. The lowest BCUT2D eigenvalue weighted by Gasteiger charge is -2.12. The lowest BCUT2D eigenvalue weighted by Crippen LogP contribution is -2.36. The van der Waals surface area contributed by atoms with E-state index in [2.05, 4.69) is 10.0 Å². The van der Waals surface area contributed by atoms with E-state index in [1.807, 2.05) is 18.2 Å². The summed E-state index contributed by atoms with van der Waals surface area (Å²) in [5.41, 5.74) is 0.788. The van der Waals surface area contributed by atoms with Gasteiger partial charge in [0.05, 0.1) is 32.8 Å².